The number of thiocarbonyl (C=S) groups is 1. The second-order valence-electron chi connectivity index (χ2n) is 4.30. The second kappa shape index (κ2) is 6.55. The molecule has 0 aliphatic rings. The number of aryl methyl sites for hydroxylation is 1. The number of rotatable bonds is 3. The minimum atomic E-state index is 0.601. The molecule has 2 nitrogen and oxygen atoms in total. The smallest absolute Gasteiger partial charge is 0.171 e. The molecule has 0 bridgehead atoms. The van der Waals surface area contributed by atoms with Crippen LogP contribution in [0.5, 0.6) is 0 Å². The van der Waals surface area contributed by atoms with Crippen molar-refractivity contribution >= 4 is 34.6 Å². The van der Waals surface area contributed by atoms with Crippen molar-refractivity contribution in [1.82, 2.24) is 5.32 Å². The first-order chi connectivity index (χ1) is 9.13. The third kappa shape index (κ3) is 4.54. The van der Waals surface area contributed by atoms with Crippen molar-refractivity contribution in [3.8, 4) is 0 Å². The van der Waals surface area contributed by atoms with Crippen LogP contribution in [-0.4, -0.2) is 5.11 Å². The van der Waals surface area contributed by atoms with E-state index < -0.39 is 0 Å². The molecular formula is C15H15ClN2S. The molecule has 4 heteroatoms. The molecule has 2 aromatic rings. The van der Waals surface area contributed by atoms with Gasteiger partial charge in [0.15, 0.2) is 5.11 Å². The largest absolute Gasteiger partial charge is 0.358 e. The fraction of sp³-hybridized carbons (Fsp3) is 0.133. The molecule has 0 fully saturated rings. The number of halogens is 1. The molecule has 0 amide bonds. The van der Waals surface area contributed by atoms with Crippen LogP contribution in [-0.2, 0) is 6.54 Å². The van der Waals surface area contributed by atoms with E-state index in [1.54, 1.807) is 0 Å². The highest BCUT2D eigenvalue weighted by atomic mass is 35.5. The molecule has 0 spiro atoms. The molecule has 0 radical (unpaired) electrons. The summed E-state index contributed by atoms with van der Waals surface area (Å²) in [6.07, 6.45) is 0. The molecule has 2 N–H and O–H groups in total. The summed E-state index contributed by atoms with van der Waals surface area (Å²) in [4.78, 5) is 0. The van der Waals surface area contributed by atoms with E-state index in [4.69, 9.17) is 23.8 Å². The van der Waals surface area contributed by atoms with Crippen molar-refractivity contribution in [3.63, 3.8) is 0 Å². The quantitative estimate of drug-likeness (QED) is 0.831. The van der Waals surface area contributed by atoms with E-state index in [1.807, 2.05) is 30.3 Å². The van der Waals surface area contributed by atoms with Gasteiger partial charge in [0.1, 0.15) is 0 Å². The molecule has 0 saturated carbocycles. The fourth-order valence-corrected chi connectivity index (χ4v) is 2.03. The molecule has 0 atom stereocenters. The van der Waals surface area contributed by atoms with E-state index in [2.05, 4.69) is 35.8 Å². The van der Waals surface area contributed by atoms with E-state index in [0.29, 0.717) is 16.7 Å². The van der Waals surface area contributed by atoms with Crippen molar-refractivity contribution < 1.29 is 0 Å². The van der Waals surface area contributed by atoms with Gasteiger partial charge in [-0.15, -0.1) is 0 Å². The average molecular weight is 291 g/mol. The molecule has 0 heterocycles. The Bertz CT molecular complexity index is 567. The van der Waals surface area contributed by atoms with E-state index >= 15 is 0 Å². The lowest BCUT2D eigenvalue weighted by atomic mass is 10.1. The van der Waals surface area contributed by atoms with Crippen molar-refractivity contribution in [3.05, 3.63) is 64.7 Å². The summed E-state index contributed by atoms with van der Waals surface area (Å²) >= 11 is 11.1. The maximum atomic E-state index is 5.83. The zero-order chi connectivity index (χ0) is 13.7. The van der Waals surface area contributed by atoms with Crippen LogP contribution in [0.2, 0.25) is 5.02 Å². The second-order valence-corrected chi connectivity index (χ2v) is 5.15. The van der Waals surface area contributed by atoms with Crippen molar-refractivity contribution in [2.75, 3.05) is 5.32 Å². The number of hydrogen-bond acceptors (Lipinski definition) is 1. The van der Waals surface area contributed by atoms with Gasteiger partial charge in [0, 0.05) is 17.3 Å². The van der Waals surface area contributed by atoms with Crippen molar-refractivity contribution in [2.24, 2.45) is 0 Å². The minimum Gasteiger partial charge on any atom is -0.358 e. The Balaban J connectivity index is 1.86. The first kappa shape index (κ1) is 13.8. The monoisotopic (exact) mass is 290 g/mol. The first-order valence-corrected chi connectivity index (χ1v) is 6.78. The molecule has 0 unspecified atom stereocenters. The minimum absolute atomic E-state index is 0.601. The van der Waals surface area contributed by atoms with E-state index in [1.165, 1.54) is 11.1 Å². The summed E-state index contributed by atoms with van der Waals surface area (Å²) in [6.45, 7) is 2.79. The molecule has 98 valence electrons. The average Bonchev–Trinajstić information content (AvgIpc) is 2.39. The van der Waals surface area contributed by atoms with Crippen LogP contribution < -0.4 is 10.6 Å². The molecule has 19 heavy (non-hydrogen) atoms. The Labute approximate surface area is 123 Å². The van der Waals surface area contributed by atoms with Crippen LogP contribution >= 0.6 is 23.8 Å². The van der Waals surface area contributed by atoms with Gasteiger partial charge < -0.3 is 10.6 Å². The molecule has 0 saturated heterocycles. The van der Waals surface area contributed by atoms with Gasteiger partial charge in [0.2, 0.25) is 0 Å². The Morgan fingerprint density at radius 3 is 2.58 bits per heavy atom. The summed E-state index contributed by atoms with van der Waals surface area (Å²) in [5, 5.41) is 7.61. The molecule has 2 aromatic carbocycles. The zero-order valence-electron chi connectivity index (χ0n) is 10.6. The highest BCUT2D eigenvalue weighted by Gasteiger charge is 1.98. The zero-order valence-corrected chi connectivity index (χ0v) is 12.2. The van der Waals surface area contributed by atoms with Gasteiger partial charge in [-0.3, -0.25) is 0 Å². The van der Waals surface area contributed by atoms with E-state index in [-0.39, 0.29) is 0 Å². The van der Waals surface area contributed by atoms with Crippen LogP contribution in [0.1, 0.15) is 11.1 Å². The van der Waals surface area contributed by atoms with Crippen LogP contribution in [0.15, 0.2) is 48.5 Å². The summed E-state index contributed by atoms with van der Waals surface area (Å²) in [7, 11) is 0. The van der Waals surface area contributed by atoms with Gasteiger partial charge in [-0.2, -0.15) is 0 Å². The lowest BCUT2D eigenvalue weighted by molar-refractivity contribution is 0.924. The Morgan fingerprint density at radius 1 is 1.16 bits per heavy atom. The normalized spacial score (nSPS) is 10.0. The number of anilines is 1. The SMILES string of the molecule is Cc1cccc(CNC(=S)Nc2ccc(Cl)cc2)c1. The number of benzene rings is 2. The van der Waals surface area contributed by atoms with Gasteiger partial charge in [-0.1, -0.05) is 41.4 Å². The molecule has 0 aliphatic carbocycles. The Morgan fingerprint density at radius 2 is 1.89 bits per heavy atom. The van der Waals surface area contributed by atoms with Crippen LogP contribution in [0.25, 0.3) is 0 Å². The van der Waals surface area contributed by atoms with Crippen LogP contribution in [0.4, 0.5) is 5.69 Å². The van der Waals surface area contributed by atoms with Crippen molar-refractivity contribution in [2.45, 2.75) is 13.5 Å². The Kier molecular flexibility index (Phi) is 4.77. The molecular weight excluding hydrogens is 276 g/mol. The maximum absolute atomic E-state index is 5.83. The summed E-state index contributed by atoms with van der Waals surface area (Å²) < 4.78 is 0. The topological polar surface area (TPSA) is 24.1 Å². The van der Waals surface area contributed by atoms with Gasteiger partial charge in [-0.05, 0) is 49.0 Å². The van der Waals surface area contributed by atoms with Crippen molar-refractivity contribution in [1.29, 1.82) is 0 Å². The molecule has 2 rings (SSSR count). The number of hydrogen-bond donors (Lipinski definition) is 2. The fourth-order valence-electron chi connectivity index (χ4n) is 1.71. The maximum Gasteiger partial charge on any atom is 0.171 e. The van der Waals surface area contributed by atoms with E-state index in [0.717, 1.165) is 5.69 Å². The summed E-state index contributed by atoms with van der Waals surface area (Å²) in [5.41, 5.74) is 3.38. The highest BCUT2D eigenvalue weighted by molar-refractivity contribution is 7.80. The summed E-state index contributed by atoms with van der Waals surface area (Å²) in [6, 6.07) is 15.8. The third-order valence-electron chi connectivity index (χ3n) is 2.64. The molecule has 0 aliphatic heterocycles. The highest BCUT2D eigenvalue weighted by Crippen LogP contribution is 2.13. The van der Waals surface area contributed by atoms with E-state index in [9.17, 15) is 0 Å². The van der Waals surface area contributed by atoms with Gasteiger partial charge in [0.05, 0.1) is 0 Å². The Hall–Kier alpha value is -1.58. The van der Waals surface area contributed by atoms with Gasteiger partial charge in [-0.25, -0.2) is 0 Å². The predicted molar refractivity (Wildman–Crippen MR) is 85.7 cm³/mol. The predicted octanol–water partition coefficient (Wildman–Crippen LogP) is 4.14. The molecule has 0 aromatic heterocycles. The summed E-state index contributed by atoms with van der Waals surface area (Å²) in [5.74, 6) is 0. The van der Waals surface area contributed by atoms with Crippen LogP contribution in [0, 0.1) is 6.92 Å². The standard InChI is InChI=1S/C15H15ClN2S/c1-11-3-2-4-12(9-11)10-17-15(19)18-14-7-5-13(16)6-8-14/h2-9H,10H2,1H3,(H2,17,18,19). The van der Waals surface area contributed by atoms with Crippen LogP contribution in [0.3, 0.4) is 0 Å². The lowest BCUT2D eigenvalue weighted by Crippen LogP contribution is -2.27. The number of nitrogens with one attached hydrogen (secondary N) is 2. The lowest BCUT2D eigenvalue weighted by Gasteiger charge is -2.11. The first-order valence-electron chi connectivity index (χ1n) is 5.99. The third-order valence-corrected chi connectivity index (χ3v) is 3.14. The van der Waals surface area contributed by atoms with Gasteiger partial charge in [0.25, 0.3) is 0 Å². The van der Waals surface area contributed by atoms with Gasteiger partial charge >= 0.3 is 0 Å².